The largest absolute Gasteiger partial charge is 0.493 e. The number of fused-ring (bicyclic) bond motifs is 1. The number of carbonyl (C=O) groups excluding carboxylic acids is 1. The highest BCUT2D eigenvalue weighted by atomic mass is 19.1. The van der Waals surface area contributed by atoms with Gasteiger partial charge in [0.1, 0.15) is 17.1 Å². The Balaban J connectivity index is 1.15. The van der Waals surface area contributed by atoms with Gasteiger partial charge in [0.05, 0.1) is 12.2 Å². The molecule has 1 N–H and O–H groups in total. The van der Waals surface area contributed by atoms with Crippen molar-refractivity contribution in [2.24, 2.45) is 29.1 Å². The lowest BCUT2D eigenvalue weighted by molar-refractivity contribution is -0.143. The van der Waals surface area contributed by atoms with Crippen LogP contribution in [0.5, 0.6) is 5.75 Å². The van der Waals surface area contributed by atoms with E-state index in [9.17, 15) is 14.7 Å². The highest BCUT2D eigenvalue weighted by Crippen LogP contribution is 2.64. The molecule has 4 atom stereocenters. The summed E-state index contributed by atoms with van der Waals surface area (Å²) < 4.78 is 21.6. The van der Waals surface area contributed by atoms with Crippen LogP contribution in [0.4, 0.5) is 4.39 Å². The monoisotopic (exact) mass is 439 g/mol. The van der Waals surface area contributed by atoms with Gasteiger partial charge in [-0.1, -0.05) is 0 Å². The molecular formula is C26H30FNO4. The van der Waals surface area contributed by atoms with Crippen LogP contribution in [0.15, 0.2) is 12.1 Å². The topological polar surface area (TPSA) is 66.8 Å². The fourth-order valence-corrected chi connectivity index (χ4v) is 8.24. The normalized spacial score (nSPS) is 40.6. The summed E-state index contributed by atoms with van der Waals surface area (Å²) in [5.74, 6) is 1.46. The summed E-state index contributed by atoms with van der Waals surface area (Å²) in [5.41, 5.74) is 0.0773. The minimum absolute atomic E-state index is 0.00503. The molecule has 7 aliphatic rings. The number of hydrogen-bond acceptors (Lipinski definition) is 3. The first-order valence-corrected chi connectivity index (χ1v) is 12.4. The molecule has 1 amide bonds. The Morgan fingerprint density at radius 2 is 1.84 bits per heavy atom. The fourth-order valence-electron chi connectivity index (χ4n) is 8.24. The molecule has 1 aromatic carbocycles. The number of benzene rings is 1. The lowest BCUT2D eigenvalue weighted by atomic mass is 9.70. The number of piperidine rings is 1. The first-order chi connectivity index (χ1) is 15.4. The van der Waals surface area contributed by atoms with Crippen molar-refractivity contribution in [1.82, 2.24) is 4.90 Å². The Labute approximate surface area is 187 Å². The van der Waals surface area contributed by atoms with E-state index in [0.717, 1.165) is 36.2 Å². The minimum Gasteiger partial charge on any atom is -0.493 e. The summed E-state index contributed by atoms with van der Waals surface area (Å²) in [5, 5.41) is 9.71. The lowest BCUT2D eigenvalue weighted by Gasteiger charge is -2.38. The molecule has 0 spiro atoms. The number of amides is 1. The molecular weight excluding hydrogens is 409 g/mol. The smallest absolute Gasteiger partial charge is 0.329 e. The molecule has 170 valence electrons. The van der Waals surface area contributed by atoms with E-state index in [0.29, 0.717) is 37.7 Å². The average molecular weight is 440 g/mol. The van der Waals surface area contributed by atoms with E-state index in [4.69, 9.17) is 4.74 Å². The number of halogens is 1. The third kappa shape index (κ3) is 2.61. The molecule has 4 unspecified atom stereocenters. The lowest BCUT2D eigenvalue weighted by Crippen LogP contribution is -2.45. The van der Waals surface area contributed by atoms with Crippen molar-refractivity contribution >= 4 is 11.9 Å². The van der Waals surface area contributed by atoms with Gasteiger partial charge in [-0.15, -0.1) is 0 Å². The Hall–Kier alpha value is -2.11. The van der Waals surface area contributed by atoms with E-state index in [1.807, 2.05) is 0 Å². The Kier molecular flexibility index (Phi) is 3.79. The number of carbonyl (C=O) groups is 2. The third-order valence-electron chi connectivity index (χ3n) is 9.80. The van der Waals surface area contributed by atoms with Crippen molar-refractivity contribution in [3.8, 4) is 5.75 Å². The Morgan fingerprint density at radius 3 is 2.47 bits per heavy atom. The van der Waals surface area contributed by atoms with Crippen LogP contribution in [0.2, 0.25) is 0 Å². The Morgan fingerprint density at radius 1 is 1.09 bits per heavy atom. The predicted octanol–water partition coefficient (Wildman–Crippen LogP) is 4.60. The number of rotatable bonds is 6. The summed E-state index contributed by atoms with van der Waals surface area (Å²) in [6.07, 6.45) is 9.74. The number of hydrogen-bond donors (Lipinski definition) is 1. The molecule has 1 heterocycles. The molecule has 6 saturated carbocycles. The highest BCUT2D eigenvalue weighted by molar-refractivity contribution is 6.00. The second kappa shape index (κ2) is 6.27. The predicted molar refractivity (Wildman–Crippen MR) is 114 cm³/mol. The summed E-state index contributed by atoms with van der Waals surface area (Å²) in [6, 6.07) is 3.07. The van der Waals surface area contributed by atoms with E-state index in [1.165, 1.54) is 43.1 Å². The van der Waals surface area contributed by atoms with Crippen LogP contribution in [0.3, 0.4) is 0 Å². The molecule has 6 heteroatoms. The van der Waals surface area contributed by atoms with Gasteiger partial charge >= 0.3 is 5.97 Å². The number of nitrogens with zero attached hydrogens (tertiary/aromatic N) is 1. The second-order valence-electron chi connectivity index (χ2n) is 11.8. The average Bonchev–Trinajstić information content (AvgIpc) is 3.66. The van der Waals surface area contributed by atoms with Gasteiger partial charge < -0.3 is 14.7 Å². The summed E-state index contributed by atoms with van der Waals surface area (Å²) >= 11 is 0. The van der Waals surface area contributed by atoms with Gasteiger partial charge in [0, 0.05) is 18.0 Å². The van der Waals surface area contributed by atoms with Gasteiger partial charge in [-0.25, -0.2) is 9.18 Å². The maximum absolute atomic E-state index is 15.2. The Bertz CT molecular complexity index is 1020. The first-order valence-electron chi connectivity index (χ1n) is 12.4. The molecule has 1 aromatic rings. The number of carboxylic acid groups (broad SMARTS) is 1. The van der Waals surface area contributed by atoms with Crippen LogP contribution < -0.4 is 4.74 Å². The van der Waals surface area contributed by atoms with Crippen LogP contribution in [-0.2, 0) is 4.79 Å². The molecule has 1 aliphatic heterocycles. The molecule has 1 saturated heterocycles. The number of likely N-dealkylation sites (tertiary alicyclic amines) is 1. The number of aliphatic carboxylic acids is 1. The van der Waals surface area contributed by atoms with Crippen molar-refractivity contribution in [2.75, 3.05) is 13.2 Å². The number of carboxylic acids is 1. The van der Waals surface area contributed by atoms with E-state index >= 15 is 4.39 Å². The highest BCUT2D eigenvalue weighted by Gasteiger charge is 2.69. The van der Waals surface area contributed by atoms with Crippen LogP contribution in [0.25, 0.3) is 0 Å². The van der Waals surface area contributed by atoms with Crippen LogP contribution in [0, 0.1) is 34.9 Å². The zero-order chi connectivity index (χ0) is 21.8. The van der Waals surface area contributed by atoms with Crippen LogP contribution >= 0.6 is 0 Å². The maximum atomic E-state index is 15.2. The van der Waals surface area contributed by atoms with E-state index in [-0.39, 0.29) is 16.9 Å². The molecule has 4 bridgehead atoms. The van der Waals surface area contributed by atoms with Crippen LogP contribution in [0.1, 0.15) is 79.6 Å². The fraction of sp³-hybridized carbons (Fsp3) is 0.692. The van der Waals surface area contributed by atoms with Crippen molar-refractivity contribution in [3.05, 3.63) is 29.1 Å². The molecule has 0 aromatic heterocycles. The van der Waals surface area contributed by atoms with Crippen molar-refractivity contribution < 1.29 is 23.8 Å². The van der Waals surface area contributed by atoms with E-state index in [1.54, 1.807) is 6.07 Å². The third-order valence-corrected chi connectivity index (χ3v) is 9.80. The van der Waals surface area contributed by atoms with Gasteiger partial charge in [-0.05, 0) is 99.0 Å². The summed E-state index contributed by atoms with van der Waals surface area (Å²) in [7, 11) is 0. The quantitative estimate of drug-likeness (QED) is 0.704. The van der Waals surface area contributed by atoms with Gasteiger partial charge in [-0.2, -0.15) is 0 Å². The van der Waals surface area contributed by atoms with Gasteiger partial charge in [-0.3, -0.25) is 4.79 Å². The number of ether oxygens (including phenoxy) is 1. The van der Waals surface area contributed by atoms with Gasteiger partial charge in [0.2, 0.25) is 0 Å². The first kappa shape index (κ1) is 19.4. The molecule has 8 rings (SSSR count). The van der Waals surface area contributed by atoms with E-state index < -0.39 is 23.2 Å². The molecule has 5 nitrogen and oxygen atoms in total. The minimum atomic E-state index is -1.11. The van der Waals surface area contributed by atoms with Crippen molar-refractivity contribution in [2.45, 2.75) is 69.2 Å². The molecule has 0 radical (unpaired) electrons. The summed E-state index contributed by atoms with van der Waals surface area (Å²) in [4.78, 5) is 26.5. The second-order valence-corrected chi connectivity index (χ2v) is 11.8. The van der Waals surface area contributed by atoms with Crippen LogP contribution in [-0.4, -0.2) is 40.6 Å². The van der Waals surface area contributed by atoms with Crippen molar-refractivity contribution in [1.29, 1.82) is 0 Å². The standard InChI is InChI=1S/C26H30FNO4/c27-21-8-22(32-13-25-9-14-5-16(10-25)17(6-14)11-25)19(15-1-2-15)7-20(21)23(29)28-4-3-18-12-26(18,28)24(30)31/h7-8,14-18H,1-6,9-13H2,(H,30,31). The summed E-state index contributed by atoms with van der Waals surface area (Å²) in [6.45, 7) is 1.04. The SMILES string of the molecule is O=C(c1cc(C2CC2)c(OCC23CC4CC(C2)C(C4)C3)cc1F)N1CCC2CC21C(=O)O. The van der Waals surface area contributed by atoms with Crippen molar-refractivity contribution in [3.63, 3.8) is 0 Å². The zero-order valence-corrected chi connectivity index (χ0v) is 18.3. The van der Waals surface area contributed by atoms with Gasteiger partial charge in [0.15, 0.2) is 0 Å². The molecule has 6 aliphatic carbocycles. The van der Waals surface area contributed by atoms with Gasteiger partial charge in [0.25, 0.3) is 5.91 Å². The zero-order valence-electron chi connectivity index (χ0n) is 18.3. The molecule has 7 fully saturated rings. The van der Waals surface area contributed by atoms with E-state index in [2.05, 4.69) is 0 Å². The maximum Gasteiger partial charge on any atom is 0.329 e. The molecule has 32 heavy (non-hydrogen) atoms.